The van der Waals surface area contributed by atoms with Gasteiger partial charge in [-0.25, -0.2) is 0 Å². The molecular formula is C13H20N2O2. The molecule has 0 bridgehead atoms. The number of piperidine rings is 1. The molecule has 4 heteroatoms. The molecule has 0 saturated carbocycles. The average molecular weight is 236 g/mol. The molecule has 2 aliphatic heterocycles. The lowest BCUT2D eigenvalue weighted by Crippen LogP contribution is -2.49. The van der Waals surface area contributed by atoms with Crippen LogP contribution in [0.4, 0.5) is 0 Å². The predicted molar refractivity (Wildman–Crippen MR) is 65.4 cm³/mol. The zero-order valence-corrected chi connectivity index (χ0v) is 10.4. The molecule has 2 saturated heterocycles. The average Bonchev–Trinajstić information content (AvgIpc) is 2.42. The van der Waals surface area contributed by atoms with E-state index >= 15 is 0 Å². The normalized spacial score (nSPS) is 25.6. The third kappa shape index (κ3) is 2.51. The Morgan fingerprint density at radius 2 is 2.12 bits per heavy atom. The van der Waals surface area contributed by atoms with Gasteiger partial charge in [-0.1, -0.05) is 12.2 Å². The van der Waals surface area contributed by atoms with E-state index in [2.05, 4.69) is 6.58 Å². The summed E-state index contributed by atoms with van der Waals surface area (Å²) in [7, 11) is 0. The van der Waals surface area contributed by atoms with Crippen LogP contribution in [0.5, 0.6) is 0 Å². The van der Waals surface area contributed by atoms with Crippen LogP contribution in [0.25, 0.3) is 0 Å². The second kappa shape index (κ2) is 4.90. The van der Waals surface area contributed by atoms with Crippen LogP contribution in [0.15, 0.2) is 12.2 Å². The van der Waals surface area contributed by atoms with E-state index in [0.29, 0.717) is 19.5 Å². The predicted octanol–water partition coefficient (Wildman–Crippen LogP) is 1.18. The molecular weight excluding hydrogens is 216 g/mol. The van der Waals surface area contributed by atoms with Gasteiger partial charge in [-0.15, -0.1) is 0 Å². The van der Waals surface area contributed by atoms with Crippen LogP contribution in [0.1, 0.15) is 32.6 Å². The third-order valence-electron chi connectivity index (χ3n) is 3.48. The second-order valence-electron chi connectivity index (χ2n) is 5.07. The first-order chi connectivity index (χ1) is 8.09. The fraction of sp³-hybridized carbons (Fsp3) is 0.692. The van der Waals surface area contributed by atoms with E-state index in [4.69, 9.17) is 0 Å². The van der Waals surface area contributed by atoms with Crippen LogP contribution in [0, 0.1) is 0 Å². The number of carbonyl (C=O) groups excluding carboxylic acids is 2. The van der Waals surface area contributed by atoms with Gasteiger partial charge in [0.2, 0.25) is 11.8 Å². The Labute approximate surface area is 102 Å². The van der Waals surface area contributed by atoms with Crippen molar-refractivity contribution in [3.63, 3.8) is 0 Å². The van der Waals surface area contributed by atoms with Crippen LogP contribution < -0.4 is 0 Å². The molecule has 94 valence electrons. The van der Waals surface area contributed by atoms with Gasteiger partial charge in [-0.05, 0) is 26.2 Å². The lowest BCUT2D eigenvalue weighted by Gasteiger charge is -2.34. The quantitative estimate of drug-likeness (QED) is 0.675. The first-order valence-electron chi connectivity index (χ1n) is 6.32. The summed E-state index contributed by atoms with van der Waals surface area (Å²) >= 11 is 0. The number of amides is 2. The highest BCUT2D eigenvalue weighted by molar-refractivity contribution is 5.90. The number of fused-ring (bicyclic) bond motifs is 1. The Morgan fingerprint density at radius 3 is 2.82 bits per heavy atom. The van der Waals surface area contributed by atoms with Gasteiger partial charge < -0.3 is 9.80 Å². The second-order valence-corrected chi connectivity index (χ2v) is 5.07. The molecule has 1 atom stereocenters. The van der Waals surface area contributed by atoms with E-state index < -0.39 is 0 Å². The van der Waals surface area contributed by atoms with E-state index in [1.54, 1.807) is 9.80 Å². The van der Waals surface area contributed by atoms with Crippen molar-refractivity contribution in [1.29, 1.82) is 0 Å². The molecule has 0 N–H and O–H groups in total. The van der Waals surface area contributed by atoms with E-state index in [9.17, 15) is 9.59 Å². The van der Waals surface area contributed by atoms with Gasteiger partial charge in [0.25, 0.3) is 0 Å². The van der Waals surface area contributed by atoms with Gasteiger partial charge in [0.05, 0.1) is 0 Å². The third-order valence-corrected chi connectivity index (χ3v) is 3.48. The molecule has 2 heterocycles. The summed E-state index contributed by atoms with van der Waals surface area (Å²) in [5.74, 6) is 0.241. The fourth-order valence-corrected chi connectivity index (χ4v) is 2.66. The van der Waals surface area contributed by atoms with Crippen LogP contribution in [-0.4, -0.2) is 47.3 Å². The Balaban J connectivity index is 2.17. The van der Waals surface area contributed by atoms with E-state index in [0.717, 1.165) is 31.4 Å². The van der Waals surface area contributed by atoms with Crippen molar-refractivity contribution in [2.75, 3.05) is 19.6 Å². The van der Waals surface area contributed by atoms with Crippen LogP contribution in [-0.2, 0) is 9.59 Å². The molecule has 0 aromatic rings. The molecule has 2 fully saturated rings. The smallest absolute Gasteiger partial charge is 0.245 e. The lowest BCUT2D eigenvalue weighted by molar-refractivity contribution is -0.142. The van der Waals surface area contributed by atoms with E-state index in [-0.39, 0.29) is 17.9 Å². The minimum Gasteiger partial charge on any atom is -0.336 e. The van der Waals surface area contributed by atoms with Gasteiger partial charge in [0.1, 0.15) is 6.04 Å². The fourth-order valence-electron chi connectivity index (χ4n) is 2.66. The summed E-state index contributed by atoms with van der Waals surface area (Å²) in [5, 5.41) is 0. The molecule has 2 amide bonds. The molecule has 0 aromatic heterocycles. The van der Waals surface area contributed by atoms with E-state index in [1.807, 2.05) is 6.92 Å². The summed E-state index contributed by atoms with van der Waals surface area (Å²) in [6.45, 7) is 7.63. The lowest BCUT2D eigenvalue weighted by atomic mass is 10.0. The Bertz CT molecular complexity index is 351. The maximum Gasteiger partial charge on any atom is 0.245 e. The summed E-state index contributed by atoms with van der Waals surface area (Å²) in [4.78, 5) is 27.9. The monoisotopic (exact) mass is 236 g/mol. The van der Waals surface area contributed by atoms with Crippen molar-refractivity contribution < 1.29 is 9.59 Å². The Morgan fingerprint density at radius 1 is 1.35 bits per heavy atom. The van der Waals surface area contributed by atoms with Gasteiger partial charge in [0, 0.05) is 26.1 Å². The van der Waals surface area contributed by atoms with Gasteiger partial charge >= 0.3 is 0 Å². The Hall–Kier alpha value is -1.32. The van der Waals surface area contributed by atoms with E-state index in [1.165, 1.54) is 0 Å². The summed E-state index contributed by atoms with van der Waals surface area (Å²) < 4.78 is 0. The van der Waals surface area contributed by atoms with Gasteiger partial charge in [-0.2, -0.15) is 0 Å². The highest BCUT2D eigenvalue weighted by Crippen LogP contribution is 2.23. The van der Waals surface area contributed by atoms with Crippen molar-refractivity contribution in [3.8, 4) is 0 Å². The summed E-state index contributed by atoms with van der Waals surface area (Å²) in [6, 6.07) is -0.210. The summed E-state index contributed by atoms with van der Waals surface area (Å²) in [5.41, 5.74) is 0.968. The molecule has 2 rings (SSSR count). The molecule has 0 aromatic carbocycles. The SMILES string of the molecule is C=C(C)CN1CCC(=O)N2CCCCC2C1=O. The van der Waals surface area contributed by atoms with Crippen molar-refractivity contribution in [2.45, 2.75) is 38.6 Å². The topological polar surface area (TPSA) is 40.6 Å². The Kier molecular flexibility index (Phi) is 3.50. The summed E-state index contributed by atoms with van der Waals surface area (Å²) in [6.07, 6.45) is 3.34. The van der Waals surface area contributed by atoms with Gasteiger partial charge in [-0.3, -0.25) is 9.59 Å². The van der Waals surface area contributed by atoms with Crippen molar-refractivity contribution >= 4 is 11.8 Å². The van der Waals surface area contributed by atoms with Crippen LogP contribution in [0.3, 0.4) is 0 Å². The van der Waals surface area contributed by atoms with Crippen molar-refractivity contribution in [3.05, 3.63) is 12.2 Å². The van der Waals surface area contributed by atoms with Gasteiger partial charge in [0.15, 0.2) is 0 Å². The molecule has 4 nitrogen and oxygen atoms in total. The van der Waals surface area contributed by atoms with Crippen LogP contribution >= 0.6 is 0 Å². The number of rotatable bonds is 2. The molecule has 17 heavy (non-hydrogen) atoms. The minimum atomic E-state index is -0.210. The van der Waals surface area contributed by atoms with Crippen LogP contribution in [0.2, 0.25) is 0 Å². The first kappa shape index (κ1) is 12.1. The number of carbonyl (C=O) groups is 2. The zero-order chi connectivity index (χ0) is 12.4. The zero-order valence-electron chi connectivity index (χ0n) is 10.4. The molecule has 1 unspecified atom stereocenters. The molecule has 0 aliphatic carbocycles. The number of hydrogen-bond acceptors (Lipinski definition) is 2. The number of hydrogen-bond donors (Lipinski definition) is 0. The largest absolute Gasteiger partial charge is 0.336 e. The molecule has 2 aliphatic rings. The maximum absolute atomic E-state index is 12.4. The first-order valence-corrected chi connectivity index (χ1v) is 6.32. The minimum absolute atomic E-state index is 0.110. The molecule has 0 spiro atoms. The maximum atomic E-state index is 12.4. The van der Waals surface area contributed by atoms with Crippen molar-refractivity contribution in [1.82, 2.24) is 9.80 Å². The molecule has 0 radical (unpaired) electrons. The standard InChI is InChI=1S/C13H20N2O2/c1-10(2)9-14-8-6-12(16)15-7-4-3-5-11(15)13(14)17/h11H,1,3-9H2,2H3. The van der Waals surface area contributed by atoms with Crippen molar-refractivity contribution in [2.24, 2.45) is 0 Å². The number of nitrogens with zero attached hydrogens (tertiary/aromatic N) is 2. The highest BCUT2D eigenvalue weighted by Gasteiger charge is 2.37. The highest BCUT2D eigenvalue weighted by atomic mass is 16.2.